The highest BCUT2D eigenvalue weighted by Crippen LogP contribution is 2.22. The summed E-state index contributed by atoms with van der Waals surface area (Å²) in [6.07, 6.45) is 10.4. The van der Waals surface area contributed by atoms with Gasteiger partial charge in [0, 0.05) is 12.6 Å². The first kappa shape index (κ1) is 15.3. The summed E-state index contributed by atoms with van der Waals surface area (Å²) in [4.78, 5) is 14.0. The van der Waals surface area contributed by atoms with Crippen molar-refractivity contribution in [2.24, 2.45) is 0 Å². The normalized spacial score (nSPS) is 19.9. The van der Waals surface area contributed by atoms with Gasteiger partial charge in [0.1, 0.15) is 0 Å². The molecule has 106 valence electrons. The van der Waals surface area contributed by atoms with E-state index in [4.69, 9.17) is 4.74 Å². The fraction of sp³-hybridized carbons (Fsp3) is 0.933. The zero-order valence-corrected chi connectivity index (χ0v) is 12.1. The average Bonchev–Trinajstić information content (AvgIpc) is 2.40. The average molecular weight is 255 g/mol. The summed E-state index contributed by atoms with van der Waals surface area (Å²) in [6, 6.07) is 0.430. The van der Waals surface area contributed by atoms with E-state index in [9.17, 15) is 4.79 Å². The van der Waals surface area contributed by atoms with Crippen LogP contribution in [-0.2, 0) is 4.74 Å². The van der Waals surface area contributed by atoms with E-state index in [1.54, 1.807) is 0 Å². The summed E-state index contributed by atoms with van der Waals surface area (Å²) in [7, 11) is 0. The SMILES string of the molecule is CCCCC[C@H]1CCCCN1C(=O)OCCCC. The minimum Gasteiger partial charge on any atom is -0.449 e. The molecule has 3 heteroatoms. The van der Waals surface area contributed by atoms with Crippen LogP contribution < -0.4 is 0 Å². The number of hydrogen-bond acceptors (Lipinski definition) is 2. The number of rotatable bonds is 7. The van der Waals surface area contributed by atoms with Gasteiger partial charge in [0.25, 0.3) is 0 Å². The summed E-state index contributed by atoms with van der Waals surface area (Å²) in [6.45, 7) is 5.80. The monoisotopic (exact) mass is 255 g/mol. The van der Waals surface area contributed by atoms with E-state index in [0.717, 1.165) is 38.6 Å². The minimum absolute atomic E-state index is 0.0790. The molecule has 0 spiro atoms. The van der Waals surface area contributed by atoms with Crippen LogP contribution in [0.15, 0.2) is 0 Å². The van der Waals surface area contributed by atoms with Crippen molar-refractivity contribution in [3.05, 3.63) is 0 Å². The lowest BCUT2D eigenvalue weighted by atomic mass is 9.97. The molecule has 1 heterocycles. The molecule has 0 radical (unpaired) electrons. The molecule has 3 nitrogen and oxygen atoms in total. The molecule has 0 N–H and O–H groups in total. The Morgan fingerprint density at radius 1 is 1.17 bits per heavy atom. The lowest BCUT2D eigenvalue weighted by Crippen LogP contribution is -2.44. The van der Waals surface area contributed by atoms with E-state index >= 15 is 0 Å². The molecule has 0 saturated carbocycles. The molecule has 0 unspecified atom stereocenters. The standard InChI is InChI=1S/C15H29NO2/c1-3-5-7-10-14-11-8-9-12-16(14)15(17)18-13-6-4-2/h14H,3-13H2,1-2H3/t14-/m0/s1. The predicted octanol–water partition coefficient (Wildman–Crippen LogP) is 4.36. The number of amides is 1. The predicted molar refractivity (Wildman–Crippen MR) is 74.7 cm³/mol. The Bertz CT molecular complexity index is 231. The van der Waals surface area contributed by atoms with Crippen LogP contribution in [0.3, 0.4) is 0 Å². The van der Waals surface area contributed by atoms with Crippen molar-refractivity contribution >= 4 is 6.09 Å². The van der Waals surface area contributed by atoms with Gasteiger partial charge >= 0.3 is 6.09 Å². The van der Waals surface area contributed by atoms with Crippen LogP contribution in [0.1, 0.15) is 71.6 Å². The molecule has 0 aliphatic carbocycles. The topological polar surface area (TPSA) is 29.5 Å². The van der Waals surface area contributed by atoms with Crippen molar-refractivity contribution < 1.29 is 9.53 Å². The number of carbonyl (C=O) groups is 1. The van der Waals surface area contributed by atoms with Crippen LogP contribution in [-0.4, -0.2) is 30.2 Å². The Kier molecular flexibility index (Phi) is 7.86. The van der Waals surface area contributed by atoms with E-state index in [1.165, 1.54) is 25.7 Å². The van der Waals surface area contributed by atoms with Crippen molar-refractivity contribution in [1.29, 1.82) is 0 Å². The highest BCUT2D eigenvalue weighted by atomic mass is 16.6. The highest BCUT2D eigenvalue weighted by molar-refractivity contribution is 5.68. The third-order valence-corrected chi connectivity index (χ3v) is 3.73. The van der Waals surface area contributed by atoms with E-state index in [1.807, 2.05) is 4.90 Å². The molecule has 1 aliphatic heterocycles. The number of ether oxygens (including phenoxy) is 1. The van der Waals surface area contributed by atoms with Gasteiger partial charge in [-0.3, -0.25) is 0 Å². The van der Waals surface area contributed by atoms with Gasteiger partial charge in [-0.15, -0.1) is 0 Å². The first-order chi connectivity index (χ1) is 8.79. The third kappa shape index (κ3) is 5.28. The quantitative estimate of drug-likeness (QED) is 0.633. The van der Waals surface area contributed by atoms with Gasteiger partial charge in [-0.25, -0.2) is 4.79 Å². The molecular formula is C15H29NO2. The van der Waals surface area contributed by atoms with Crippen LogP contribution in [0.2, 0.25) is 0 Å². The lowest BCUT2D eigenvalue weighted by molar-refractivity contribution is 0.0694. The summed E-state index contributed by atoms with van der Waals surface area (Å²) in [5, 5.41) is 0. The summed E-state index contributed by atoms with van der Waals surface area (Å²) in [5.74, 6) is 0. The van der Waals surface area contributed by atoms with Gasteiger partial charge in [0.2, 0.25) is 0 Å². The van der Waals surface area contributed by atoms with Gasteiger partial charge in [-0.2, -0.15) is 0 Å². The van der Waals surface area contributed by atoms with Gasteiger partial charge in [0.05, 0.1) is 6.61 Å². The maximum absolute atomic E-state index is 12.0. The Morgan fingerprint density at radius 3 is 2.67 bits per heavy atom. The number of carbonyl (C=O) groups excluding carboxylic acids is 1. The van der Waals surface area contributed by atoms with Gasteiger partial charge in [0.15, 0.2) is 0 Å². The van der Waals surface area contributed by atoms with Crippen LogP contribution in [0.25, 0.3) is 0 Å². The first-order valence-electron chi connectivity index (χ1n) is 7.73. The summed E-state index contributed by atoms with van der Waals surface area (Å²) in [5.41, 5.74) is 0. The van der Waals surface area contributed by atoms with Crippen molar-refractivity contribution in [3.8, 4) is 0 Å². The molecule has 18 heavy (non-hydrogen) atoms. The maximum Gasteiger partial charge on any atom is 0.410 e. The van der Waals surface area contributed by atoms with Gasteiger partial charge < -0.3 is 9.64 Å². The second-order valence-corrected chi connectivity index (χ2v) is 5.31. The molecule has 0 bridgehead atoms. The van der Waals surface area contributed by atoms with Crippen molar-refractivity contribution in [1.82, 2.24) is 4.90 Å². The summed E-state index contributed by atoms with van der Waals surface area (Å²) < 4.78 is 5.35. The van der Waals surface area contributed by atoms with Crippen LogP contribution >= 0.6 is 0 Å². The Morgan fingerprint density at radius 2 is 1.94 bits per heavy atom. The van der Waals surface area contributed by atoms with E-state index in [2.05, 4.69) is 13.8 Å². The molecule has 1 rings (SSSR count). The molecule has 1 fully saturated rings. The number of nitrogens with zero attached hydrogens (tertiary/aromatic N) is 1. The van der Waals surface area contributed by atoms with Crippen LogP contribution in [0.5, 0.6) is 0 Å². The number of unbranched alkanes of at least 4 members (excludes halogenated alkanes) is 3. The minimum atomic E-state index is -0.0790. The largest absolute Gasteiger partial charge is 0.449 e. The number of likely N-dealkylation sites (tertiary alicyclic amines) is 1. The zero-order valence-electron chi connectivity index (χ0n) is 12.1. The van der Waals surface area contributed by atoms with Crippen molar-refractivity contribution in [2.45, 2.75) is 77.7 Å². The van der Waals surface area contributed by atoms with Gasteiger partial charge in [-0.05, 0) is 32.1 Å². The first-order valence-corrected chi connectivity index (χ1v) is 7.73. The van der Waals surface area contributed by atoms with Gasteiger partial charge in [-0.1, -0.05) is 39.5 Å². The van der Waals surface area contributed by atoms with E-state index < -0.39 is 0 Å². The fourth-order valence-corrected chi connectivity index (χ4v) is 2.56. The molecule has 0 aromatic carbocycles. The molecule has 0 aromatic rings. The number of piperidine rings is 1. The molecular weight excluding hydrogens is 226 g/mol. The van der Waals surface area contributed by atoms with Crippen molar-refractivity contribution in [3.63, 3.8) is 0 Å². The third-order valence-electron chi connectivity index (χ3n) is 3.73. The smallest absolute Gasteiger partial charge is 0.410 e. The Hall–Kier alpha value is -0.730. The maximum atomic E-state index is 12.0. The second kappa shape index (κ2) is 9.23. The fourth-order valence-electron chi connectivity index (χ4n) is 2.56. The second-order valence-electron chi connectivity index (χ2n) is 5.31. The van der Waals surface area contributed by atoms with E-state index in [-0.39, 0.29) is 6.09 Å². The molecule has 1 amide bonds. The molecule has 1 aliphatic rings. The number of hydrogen-bond donors (Lipinski definition) is 0. The molecule has 1 saturated heterocycles. The zero-order chi connectivity index (χ0) is 13.2. The summed E-state index contributed by atoms with van der Waals surface area (Å²) >= 11 is 0. The molecule has 0 aromatic heterocycles. The van der Waals surface area contributed by atoms with E-state index in [0.29, 0.717) is 12.6 Å². The highest BCUT2D eigenvalue weighted by Gasteiger charge is 2.27. The Balaban J connectivity index is 2.35. The van der Waals surface area contributed by atoms with Crippen LogP contribution in [0, 0.1) is 0 Å². The van der Waals surface area contributed by atoms with Crippen molar-refractivity contribution in [2.75, 3.05) is 13.2 Å². The Labute approximate surface area is 112 Å². The lowest BCUT2D eigenvalue weighted by Gasteiger charge is -2.35. The van der Waals surface area contributed by atoms with Crippen LogP contribution in [0.4, 0.5) is 4.79 Å². The molecule has 1 atom stereocenters.